The highest BCUT2D eigenvalue weighted by atomic mass is 16.3. The zero-order valence-corrected chi connectivity index (χ0v) is 20.0. The second-order valence-electron chi connectivity index (χ2n) is 8.56. The number of phenolic OH excluding ortho intramolecular Hbond substituents is 5. The Morgan fingerprint density at radius 1 is 0.462 bits per heavy atom. The van der Waals surface area contributed by atoms with Crippen LogP contribution in [-0.4, -0.2) is 25.5 Å². The fraction of sp³-hybridized carbons (Fsp3) is 0. The standard InChI is InChI=1S/C15H10O5.C15H10O4/c16-9-3-1-8(2-4-9)13-7-12(19)15-11(18)5-10(17)6-14(15)20-13;16-10-3-1-9(2-4-10)15-8-13(18)12-7-11(17)5-6-14(12)19-15/h1-7,16-18H;1-8,16-17H. The van der Waals surface area contributed by atoms with E-state index >= 15 is 0 Å². The van der Waals surface area contributed by atoms with Gasteiger partial charge in [0.1, 0.15) is 56.8 Å². The smallest absolute Gasteiger partial charge is 0.197 e. The van der Waals surface area contributed by atoms with Crippen LogP contribution in [0.5, 0.6) is 28.7 Å². The molecule has 0 radical (unpaired) electrons. The predicted octanol–water partition coefficient (Wildman–Crippen LogP) is 5.45. The molecule has 0 aliphatic rings. The van der Waals surface area contributed by atoms with E-state index in [0.717, 1.165) is 6.07 Å². The lowest BCUT2D eigenvalue weighted by Crippen LogP contribution is -2.00. The summed E-state index contributed by atoms with van der Waals surface area (Å²) >= 11 is 0. The Morgan fingerprint density at radius 2 is 0.974 bits per heavy atom. The van der Waals surface area contributed by atoms with Crippen LogP contribution in [-0.2, 0) is 0 Å². The molecule has 194 valence electrons. The van der Waals surface area contributed by atoms with Crippen LogP contribution in [0.25, 0.3) is 44.6 Å². The third kappa shape index (κ3) is 5.23. The van der Waals surface area contributed by atoms with Gasteiger partial charge in [-0.25, -0.2) is 0 Å². The van der Waals surface area contributed by atoms with Crippen molar-refractivity contribution < 1.29 is 34.4 Å². The zero-order valence-electron chi connectivity index (χ0n) is 20.0. The van der Waals surface area contributed by atoms with Gasteiger partial charge in [0.15, 0.2) is 10.9 Å². The average Bonchev–Trinajstić information content (AvgIpc) is 2.89. The quantitative estimate of drug-likeness (QED) is 0.198. The van der Waals surface area contributed by atoms with Gasteiger partial charge in [-0.2, -0.15) is 0 Å². The number of fused-ring (bicyclic) bond motifs is 2. The maximum absolute atomic E-state index is 12.0. The summed E-state index contributed by atoms with van der Waals surface area (Å²) in [6.45, 7) is 0. The van der Waals surface area contributed by atoms with Crippen LogP contribution in [0.15, 0.2) is 109 Å². The van der Waals surface area contributed by atoms with E-state index in [1.807, 2.05) is 0 Å². The molecule has 0 unspecified atom stereocenters. The lowest BCUT2D eigenvalue weighted by atomic mass is 10.1. The SMILES string of the molecule is O=c1cc(-c2ccc(O)cc2)oc2cc(O)cc(O)c12.O=c1cc(-c2ccc(O)cc2)oc2ccc(O)cc12. The Hall–Kier alpha value is -5.70. The van der Waals surface area contributed by atoms with Crippen molar-refractivity contribution in [2.45, 2.75) is 0 Å². The van der Waals surface area contributed by atoms with Crippen molar-refractivity contribution in [1.29, 1.82) is 0 Å². The molecule has 0 saturated carbocycles. The Bertz CT molecular complexity index is 1930. The molecule has 0 fully saturated rings. The molecule has 5 N–H and O–H groups in total. The fourth-order valence-electron chi connectivity index (χ4n) is 3.93. The van der Waals surface area contributed by atoms with E-state index in [-0.39, 0.29) is 50.9 Å². The lowest BCUT2D eigenvalue weighted by Gasteiger charge is -2.05. The number of phenols is 5. The molecule has 9 heteroatoms. The summed E-state index contributed by atoms with van der Waals surface area (Å²) in [5.74, 6) is 0.462. The van der Waals surface area contributed by atoms with Crippen LogP contribution in [0.4, 0.5) is 0 Å². The van der Waals surface area contributed by atoms with Crippen molar-refractivity contribution in [2.75, 3.05) is 0 Å². The van der Waals surface area contributed by atoms with E-state index < -0.39 is 5.43 Å². The molecule has 4 aromatic carbocycles. The molecule has 0 amide bonds. The van der Waals surface area contributed by atoms with Crippen LogP contribution in [0.2, 0.25) is 0 Å². The minimum atomic E-state index is -0.410. The first kappa shape index (κ1) is 25.0. The van der Waals surface area contributed by atoms with Gasteiger partial charge in [0, 0.05) is 35.4 Å². The average molecular weight is 524 g/mol. The van der Waals surface area contributed by atoms with Crippen molar-refractivity contribution >= 4 is 21.9 Å². The summed E-state index contributed by atoms with van der Waals surface area (Å²) < 4.78 is 11.2. The minimum absolute atomic E-state index is 0.0188. The van der Waals surface area contributed by atoms with Crippen LogP contribution in [0.1, 0.15) is 0 Å². The summed E-state index contributed by atoms with van der Waals surface area (Å²) in [4.78, 5) is 24.0. The second-order valence-corrected chi connectivity index (χ2v) is 8.56. The molecule has 9 nitrogen and oxygen atoms in total. The first-order chi connectivity index (χ1) is 18.7. The normalized spacial score (nSPS) is 10.8. The number of rotatable bonds is 2. The van der Waals surface area contributed by atoms with Gasteiger partial charge < -0.3 is 34.4 Å². The molecule has 0 saturated heterocycles. The second kappa shape index (κ2) is 9.98. The monoisotopic (exact) mass is 524 g/mol. The number of benzene rings is 4. The molecule has 0 aliphatic heterocycles. The van der Waals surface area contributed by atoms with Gasteiger partial charge in [-0.1, -0.05) is 0 Å². The van der Waals surface area contributed by atoms with E-state index in [9.17, 15) is 35.1 Å². The van der Waals surface area contributed by atoms with E-state index in [1.54, 1.807) is 30.3 Å². The third-order valence-electron chi connectivity index (χ3n) is 5.81. The summed E-state index contributed by atoms with van der Waals surface area (Å²) in [5.41, 5.74) is 1.17. The maximum Gasteiger partial charge on any atom is 0.197 e. The van der Waals surface area contributed by atoms with Crippen molar-refractivity contribution in [3.63, 3.8) is 0 Å². The Morgan fingerprint density at radius 3 is 1.56 bits per heavy atom. The summed E-state index contributed by atoms with van der Waals surface area (Å²) in [5, 5.41) is 47.3. The lowest BCUT2D eigenvalue weighted by molar-refractivity contribution is 0.452. The molecule has 0 aliphatic carbocycles. The third-order valence-corrected chi connectivity index (χ3v) is 5.81. The molecule has 6 rings (SSSR count). The maximum atomic E-state index is 12.0. The van der Waals surface area contributed by atoms with E-state index in [1.165, 1.54) is 54.6 Å². The Labute approximate surface area is 219 Å². The highest BCUT2D eigenvalue weighted by Gasteiger charge is 2.12. The van der Waals surface area contributed by atoms with Crippen LogP contribution < -0.4 is 10.9 Å². The van der Waals surface area contributed by atoms with Crippen molar-refractivity contribution in [2.24, 2.45) is 0 Å². The largest absolute Gasteiger partial charge is 0.508 e. The van der Waals surface area contributed by atoms with Gasteiger partial charge in [0.05, 0.1) is 5.39 Å². The molecular weight excluding hydrogens is 504 g/mol. The summed E-state index contributed by atoms with van der Waals surface area (Å²) in [6, 6.07) is 21.9. The highest BCUT2D eigenvalue weighted by Crippen LogP contribution is 2.31. The van der Waals surface area contributed by atoms with Crippen molar-refractivity contribution in [1.82, 2.24) is 0 Å². The molecule has 0 atom stereocenters. The zero-order chi connectivity index (χ0) is 27.7. The first-order valence-electron chi connectivity index (χ1n) is 11.5. The molecule has 2 heterocycles. The van der Waals surface area contributed by atoms with Gasteiger partial charge in [-0.05, 0) is 66.7 Å². The molecule has 0 bridgehead atoms. The molecule has 2 aromatic heterocycles. The van der Waals surface area contributed by atoms with Gasteiger partial charge >= 0.3 is 0 Å². The molecular formula is C30H20O9. The summed E-state index contributed by atoms with van der Waals surface area (Å²) in [7, 11) is 0. The highest BCUT2D eigenvalue weighted by molar-refractivity contribution is 5.86. The Kier molecular flexibility index (Phi) is 6.39. The van der Waals surface area contributed by atoms with Crippen LogP contribution >= 0.6 is 0 Å². The van der Waals surface area contributed by atoms with Gasteiger partial charge in [0.2, 0.25) is 0 Å². The number of hydrogen-bond donors (Lipinski definition) is 5. The number of hydrogen-bond acceptors (Lipinski definition) is 9. The molecule has 6 aromatic rings. The van der Waals surface area contributed by atoms with E-state index in [0.29, 0.717) is 27.9 Å². The molecule has 0 spiro atoms. The topological polar surface area (TPSA) is 162 Å². The van der Waals surface area contributed by atoms with Gasteiger partial charge in [-0.15, -0.1) is 0 Å². The van der Waals surface area contributed by atoms with E-state index in [4.69, 9.17) is 8.83 Å². The predicted molar refractivity (Wildman–Crippen MR) is 144 cm³/mol. The Balaban J connectivity index is 0.000000158. The number of aromatic hydroxyl groups is 5. The van der Waals surface area contributed by atoms with Crippen molar-refractivity contribution in [3.05, 3.63) is 111 Å². The molecule has 39 heavy (non-hydrogen) atoms. The van der Waals surface area contributed by atoms with Gasteiger partial charge in [-0.3, -0.25) is 9.59 Å². The fourth-order valence-corrected chi connectivity index (χ4v) is 3.93. The minimum Gasteiger partial charge on any atom is -0.508 e. The van der Waals surface area contributed by atoms with E-state index in [2.05, 4.69) is 0 Å². The van der Waals surface area contributed by atoms with Crippen LogP contribution in [0, 0.1) is 0 Å². The van der Waals surface area contributed by atoms with Crippen LogP contribution in [0.3, 0.4) is 0 Å². The first-order valence-corrected chi connectivity index (χ1v) is 11.5. The van der Waals surface area contributed by atoms with Gasteiger partial charge in [0.25, 0.3) is 0 Å². The van der Waals surface area contributed by atoms with Crippen molar-refractivity contribution in [3.8, 4) is 51.4 Å². The summed E-state index contributed by atoms with van der Waals surface area (Å²) in [6.07, 6.45) is 0.